The molecule has 14 nitrogen and oxygen atoms in total. The maximum Gasteiger partial charge on any atom is 0.542 e. The Balaban J connectivity index is 4.49. The van der Waals surface area contributed by atoms with Gasteiger partial charge in [0.15, 0.2) is 0 Å². The Hall–Kier alpha value is -2.97. The van der Waals surface area contributed by atoms with Crippen LogP contribution in [0, 0.1) is 0 Å². The van der Waals surface area contributed by atoms with Gasteiger partial charge in [0.2, 0.25) is 11.9 Å². The Morgan fingerprint density at radius 3 is 1.42 bits per heavy atom. The van der Waals surface area contributed by atoms with Gasteiger partial charge in [0.1, 0.15) is 0 Å². The van der Waals surface area contributed by atoms with E-state index in [9.17, 15) is 18.0 Å². The second-order valence-corrected chi connectivity index (χ2v) is 3.60. The van der Waals surface area contributed by atoms with E-state index in [1.165, 1.54) is 0 Å². The van der Waals surface area contributed by atoms with E-state index in [1.54, 1.807) is 10.6 Å². The number of carbonyl (C=O) groups excluding carboxylic acids is 2. The molecule has 15 heteroatoms. The van der Waals surface area contributed by atoms with Crippen molar-refractivity contribution in [2.24, 2.45) is 33.2 Å². The molecule has 0 heterocycles. The monoisotopic (exact) mass is 298 g/mol. The lowest BCUT2D eigenvalue weighted by atomic mass is 10.9. The molecule has 0 spiro atoms. The van der Waals surface area contributed by atoms with E-state index in [2.05, 4.69) is 30.3 Å². The molecule has 0 unspecified atom stereocenters. The van der Waals surface area contributed by atoms with Crippen molar-refractivity contribution in [3.63, 3.8) is 0 Å². The smallest absolute Gasteiger partial charge is 0.367 e. The highest BCUT2D eigenvalue weighted by Gasteiger charge is 2.14. The minimum absolute atomic E-state index is 0.758. The van der Waals surface area contributed by atoms with Gasteiger partial charge < -0.3 is 22.9 Å². The first-order valence-electron chi connectivity index (χ1n) is 4.04. The summed E-state index contributed by atoms with van der Waals surface area (Å²) in [4.78, 5) is 20.6. The summed E-state index contributed by atoms with van der Waals surface area (Å²) in [6.45, 7) is 0. The van der Waals surface area contributed by atoms with Crippen LogP contribution in [-0.2, 0) is 19.0 Å². The third-order valence-corrected chi connectivity index (χ3v) is 1.47. The quantitative estimate of drug-likeness (QED) is 0.169. The number of oxime groups is 2. The van der Waals surface area contributed by atoms with Crippen LogP contribution in [0.3, 0.4) is 0 Å². The van der Waals surface area contributed by atoms with E-state index < -0.39 is 34.4 Å². The van der Waals surface area contributed by atoms with Gasteiger partial charge in [0.05, 0.1) is 0 Å². The fourth-order valence-electron chi connectivity index (χ4n) is 0.483. The normalized spacial score (nSPS) is 12.4. The Morgan fingerprint density at radius 1 is 0.842 bits per heavy atom. The average molecular weight is 298 g/mol. The van der Waals surface area contributed by atoms with Gasteiger partial charge in [-0.15, -0.1) is 8.42 Å². The zero-order valence-electron chi connectivity index (χ0n) is 9.06. The molecule has 10 N–H and O–H groups in total. The highest BCUT2D eigenvalue weighted by Crippen LogP contribution is 1.96. The summed E-state index contributed by atoms with van der Waals surface area (Å²) < 4.78 is 29.5. The van der Waals surface area contributed by atoms with E-state index in [4.69, 9.17) is 11.5 Å². The van der Waals surface area contributed by atoms with E-state index in [1.807, 2.05) is 0 Å². The molecule has 0 radical (unpaired) electrons. The van der Waals surface area contributed by atoms with E-state index in [-0.39, 0.29) is 0 Å². The van der Waals surface area contributed by atoms with Gasteiger partial charge in [-0.3, -0.25) is 10.6 Å². The van der Waals surface area contributed by atoms with Crippen LogP contribution in [0.1, 0.15) is 0 Å². The van der Waals surface area contributed by atoms with Crippen LogP contribution in [-0.4, -0.2) is 32.4 Å². The molecule has 0 aliphatic heterocycles. The van der Waals surface area contributed by atoms with Crippen molar-refractivity contribution in [2.45, 2.75) is 0 Å². The molecular formula is C4H10N8O6S. The Bertz CT molecular complexity index is 469. The van der Waals surface area contributed by atoms with Gasteiger partial charge in [-0.2, -0.15) is 0 Å². The number of nitrogens with one attached hydrogen (secondary N) is 2. The van der Waals surface area contributed by atoms with E-state index in [0.29, 0.717) is 0 Å². The molecule has 0 bridgehead atoms. The molecule has 0 aliphatic carbocycles. The van der Waals surface area contributed by atoms with Crippen LogP contribution in [0.15, 0.2) is 10.3 Å². The molecular weight excluding hydrogens is 288 g/mol. The van der Waals surface area contributed by atoms with Crippen molar-refractivity contribution in [3.8, 4) is 0 Å². The van der Waals surface area contributed by atoms with Crippen molar-refractivity contribution in [2.75, 3.05) is 0 Å². The van der Waals surface area contributed by atoms with Gasteiger partial charge in [-0.05, 0) is 10.3 Å². The van der Waals surface area contributed by atoms with E-state index >= 15 is 0 Å². The van der Waals surface area contributed by atoms with Gasteiger partial charge in [0.25, 0.3) is 0 Å². The lowest BCUT2D eigenvalue weighted by molar-refractivity contribution is 0.225. The first-order chi connectivity index (χ1) is 8.62. The summed E-state index contributed by atoms with van der Waals surface area (Å²) in [7, 11) is -4.76. The number of hydrogen-bond acceptors (Lipinski definition) is 8. The second-order valence-electron chi connectivity index (χ2n) is 2.49. The van der Waals surface area contributed by atoms with Crippen LogP contribution in [0.4, 0.5) is 9.59 Å². The Labute approximate surface area is 106 Å². The zero-order chi connectivity index (χ0) is 15.1. The third kappa shape index (κ3) is 8.80. The SMILES string of the molecule is NC(=O)NC(N)=NOS(=O)(=O)ON=C(N)NC(N)=O. The highest BCUT2D eigenvalue weighted by molar-refractivity contribution is 7.81. The summed E-state index contributed by atoms with van der Waals surface area (Å²) in [6, 6.07) is -2.20. The molecule has 0 saturated heterocycles. The van der Waals surface area contributed by atoms with Gasteiger partial charge in [-0.1, -0.05) is 0 Å². The molecule has 0 aromatic rings. The molecule has 4 amide bonds. The maximum absolute atomic E-state index is 11.0. The van der Waals surface area contributed by atoms with Crippen molar-refractivity contribution in [1.82, 2.24) is 10.6 Å². The topological polar surface area (TPSA) is 240 Å². The molecule has 0 saturated carbocycles. The first-order valence-corrected chi connectivity index (χ1v) is 5.38. The minimum atomic E-state index is -4.76. The molecule has 108 valence electrons. The number of rotatable bonds is 4. The number of guanidine groups is 2. The largest absolute Gasteiger partial charge is 0.542 e. The summed E-state index contributed by atoms with van der Waals surface area (Å²) in [5.41, 5.74) is 19.2. The van der Waals surface area contributed by atoms with Crippen LogP contribution in [0.2, 0.25) is 0 Å². The summed E-state index contributed by atoms with van der Waals surface area (Å²) in [5.74, 6) is -1.52. The zero-order valence-corrected chi connectivity index (χ0v) is 9.88. The fourth-order valence-corrected chi connectivity index (χ4v) is 0.854. The minimum Gasteiger partial charge on any atom is -0.367 e. The molecule has 0 atom stereocenters. The maximum atomic E-state index is 11.0. The Morgan fingerprint density at radius 2 is 1.16 bits per heavy atom. The summed E-state index contributed by atoms with van der Waals surface area (Å²) in [6.07, 6.45) is 0. The van der Waals surface area contributed by atoms with Crippen molar-refractivity contribution < 1.29 is 26.6 Å². The number of carbonyl (C=O) groups is 2. The third-order valence-electron chi connectivity index (χ3n) is 0.956. The molecule has 0 aromatic heterocycles. The van der Waals surface area contributed by atoms with Gasteiger partial charge >= 0.3 is 22.5 Å². The number of primary amides is 2. The van der Waals surface area contributed by atoms with Crippen molar-refractivity contribution in [3.05, 3.63) is 0 Å². The molecule has 19 heavy (non-hydrogen) atoms. The average Bonchev–Trinajstić information content (AvgIpc) is 2.22. The van der Waals surface area contributed by atoms with Crippen molar-refractivity contribution in [1.29, 1.82) is 0 Å². The standard InChI is InChI=1S/C4H10N8O6S/c5-1(9-3(7)13)11-17-19(15,16)18-12-2(6)10-4(8)14/h(H5,5,7,9,11,13)(H5,6,8,10,12,14). The first kappa shape index (κ1) is 16.0. The number of nitrogens with zero attached hydrogens (tertiary/aromatic N) is 2. The Kier molecular flexibility index (Phi) is 5.64. The summed E-state index contributed by atoms with van der Waals surface area (Å²) in [5, 5.41) is 8.83. The van der Waals surface area contributed by atoms with Crippen molar-refractivity contribution >= 4 is 34.4 Å². The van der Waals surface area contributed by atoms with Gasteiger partial charge in [-0.25, -0.2) is 18.2 Å². The lowest BCUT2D eigenvalue weighted by Crippen LogP contribution is -2.40. The fraction of sp³-hybridized carbons (Fsp3) is 0. The number of amides is 4. The predicted molar refractivity (Wildman–Crippen MR) is 59.8 cm³/mol. The summed E-state index contributed by atoms with van der Waals surface area (Å²) >= 11 is 0. The molecule has 0 aliphatic rings. The lowest BCUT2D eigenvalue weighted by Gasteiger charge is -2.01. The number of urea groups is 2. The molecule has 0 rings (SSSR count). The number of hydrogen-bond donors (Lipinski definition) is 6. The predicted octanol–water partition coefficient (Wildman–Crippen LogP) is -3.94. The van der Waals surface area contributed by atoms with Crippen LogP contribution in [0.5, 0.6) is 0 Å². The molecule has 0 fully saturated rings. The molecule has 0 aromatic carbocycles. The van der Waals surface area contributed by atoms with Gasteiger partial charge in [0, 0.05) is 0 Å². The van der Waals surface area contributed by atoms with Crippen LogP contribution in [0.25, 0.3) is 0 Å². The number of nitrogens with two attached hydrogens (primary N) is 4. The van der Waals surface area contributed by atoms with Crippen LogP contribution >= 0.6 is 0 Å². The highest BCUT2D eigenvalue weighted by atomic mass is 32.3. The van der Waals surface area contributed by atoms with E-state index in [0.717, 1.165) is 0 Å². The second kappa shape index (κ2) is 6.69. The van der Waals surface area contributed by atoms with Crippen LogP contribution < -0.4 is 33.6 Å².